The minimum absolute atomic E-state index is 0.146. The minimum atomic E-state index is -0.241. The number of alkyl halides is 1. The quantitative estimate of drug-likeness (QED) is 0.706. The van der Waals surface area contributed by atoms with Crippen LogP contribution >= 0.6 is 11.6 Å². The maximum Gasteiger partial charge on any atom is 0.123 e. The molecule has 0 aliphatic heterocycles. The number of methoxy groups -OCH3 is 1. The summed E-state index contributed by atoms with van der Waals surface area (Å²) >= 11 is 5.95. The maximum absolute atomic E-state index is 13.2. The molecule has 0 heterocycles. The lowest BCUT2D eigenvalue weighted by molar-refractivity contribution is 0.400. The van der Waals surface area contributed by atoms with E-state index in [0.717, 1.165) is 12.0 Å². The summed E-state index contributed by atoms with van der Waals surface area (Å²) in [6.45, 7) is 4.26. The second-order valence-corrected chi connectivity index (χ2v) is 4.68. The van der Waals surface area contributed by atoms with Gasteiger partial charge in [0, 0.05) is 17.4 Å². The highest BCUT2D eigenvalue weighted by molar-refractivity contribution is 6.18. The fourth-order valence-corrected chi connectivity index (χ4v) is 2.16. The lowest BCUT2D eigenvalue weighted by atomic mass is 9.91. The molecule has 0 aliphatic rings. The summed E-state index contributed by atoms with van der Waals surface area (Å²) in [4.78, 5) is 0. The van der Waals surface area contributed by atoms with Gasteiger partial charge in [0.05, 0.1) is 7.11 Å². The van der Waals surface area contributed by atoms with Crippen molar-refractivity contribution >= 4 is 11.6 Å². The van der Waals surface area contributed by atoms with Crippen LogP contribution in [-0.4, -0.2) is 13.0 Å². The van der Waals surface area contributed by atoms with Crippen molar-refractivity contribution in [1.82, 2.24) is 0 Å². The molecule has 0 fully saturated rings. The molecule has 1 rings (SSSR count). The summed E-state index contributed by atoms with van der Waals surface area (Å²) in [7, 11) is 1.59. The Morgan fingerprint density at radius 2 is 2.06 bits per heavy atom. The first-order valence-corrected chi connectivity index (χ1v) is 6.01. The smallest absolute Gasteiger partial charge is 0.123 e. The highest BCUT2D eigenvalue weighted by Crippen LogP contribution is 2.32. The van der Waals surface area contributed by atoms with E-state index in [0.29, 0.717) is 17.5 Å². The van der Waals surface area contributed by atoms with Crippen LogP contribution in [0.2, 0.25) is 0 Å². The third-order valence-corrected chi connectivity index (χ3v) is 2.95. The van der Waals surface area contributed by atoms with E-state index in [-0.39, 0.29) is 11.7 Å². The van der Waals surface area contributed by atoms with Crippen molar-refractivity contribution in [2.45, 2.75) is 26.2 Å². The minimum Gasteiger partial charge on any atom is -0.496 e. The first kappa shape index (κ1) is 13.3. The fraction of sp³-hybridized carbons (Fsp3) is 0.538. The molecular formula is C13H18ClFO. The third kappa shape index (κ3) is 3.38. The first-order valence-electron chi connectivity index (χ1n) is 5.47. The lowest BCUT2D eigenvalue weighted by Gasteiger charge is -2.19. The number of rotatable bonds is 5. The van der Waals surface area contributed by atoms with Crippen LogP contribution in [0.4, 0.5) is 4.39 Å². The van der Waals surface area contributed by atoms with Crippen LogP contribution in [0.1, 0.15) is 31.7 Å². The van der Waals surface area contributed by atoms with E-state index in [4.69, 9.17) is 16.3 Å². The Kier molecular flexibility index (Phi) is 5.07. The maximum atomic E-state index is 13.2. The Morgan fingerprint density at radius 3 is 2.56 bits per heavy atom. The van der Waals surface area contributed by atoms with Crippen LogP contribution in [0.3, 0.4) is 0 Å². The fourth-order valence-electron chi connectivity index (χ4n) is 1.87. The van der Waals surface area contributed by atoms with Gasteiger partial charge in [-0.3, -0.25) is 0 Å². The van der Waals surface area contributed by atoms with Crippen molar-refractivity contribution in [2.75, 3.05) is 13.0 Å². The van der Waals surface area contributed by atoms with Gasteiger partial charge in [0.15, 0.2) is 0 Å². The molecule has 0 radical (unpaired) electrons. The predicted molar refractivity (Wildman–Crippen MR) is 65.9 cm³/mol. The van der Waals surface area contributed by atoms with Gasteiger partial charge in [0.2, 0.25) is 0 Å². The molecule has 0 spiro atoms. The third-order valence-electron chi connectivity index (χ3n) is 2.57. The summed E-state index contributed by atoms with van der Waals surface area (Å²) in [5, 5.41) is 0. The van der Waals surface area contributed by atoms with Crippen molar-refractivity contribution in [3.8, 4) is 5.75 Å². The molecule has 0 aliphatic carbocycles. The Hall–Kier alpha value is -0.760. The van der Waals surface area contributed by atoms with Gasteiger partial charge in [-0.15, -0.1) is 11.6 Å². The van der Waals surface area contributed by atoms with E-state index >= 15 is 0 Å². The molecule has 0 amide bonds. The van der Waals surface area contributed by atoms with Gasteiger partial charge in [-0.05, 0) is 30.5 Å². The second kappa shape index (κ2) is 6.09. The molecule has 0 bridgehead atoms. The van der Waals surface area contributed by atoms with Crippen LogP contribution in [0.5, 0.6) is 5.75 Å². The van der Waals surface area contributed by atoms with E-state index in [1.54, 1.807) is 13.2 Å². The van der Waals surface area contributed by atoms with Crippen molar-refractivity contribution < 1.29 is 9.13 Å². The summed E-state index contributed by atoms with van der Waals surface area (Å²) in [5.41, 5.74) is 0.867. The van der Waals surface area contributed by atoms with E-state index < -0.39 is 0 Å². The number of ether oxygens (including phenoxy) is 1. The van der Waals surface area contributed by atoms with Gasteiger partial charge in [-0.25, -0.2) is 4.39 Å². The Labute approximate surface area is 102 Å². The van der Waals surface area contributed by atoms with Gasteiger partial charge >= 0.3 is 0 Å². The van der Waals surface area contributed by atoms with E-state index in [9.17, 15) is 4.39 Å². The molecule has 0 N–H and O–H groups in total. The largest absolute Gasteiger partial charge is 0.496 e. The molecule has 1 unspecified atom stereocenters. The van der Waals surface area contributed by atoms with Gasteiger partial charge in [-0.1, -0.05) is 13.8 Å². The van der Waals surface area contributed by atoms with Crippen LogP contribution in [-0.2, 0) is 0 Å². The summed E-state index contributed by atoms with van der Waals surface area (Å²) in [6, 6.07) is 4.59. The zero-order chi connectivity index (χ0) is 12.1. The number of benzene rings is 1. The highest BCUT2D eigenvalue weighted by Gasteiger charge is 2.17. The van der Waals surface area contributed by atoms with Crippen molar-refractivity contribution in [1.29, 1.82) is 0 Å². The van der Waals surface area contributed by atoms with E-state index in [1.807, 2.05) is 0 Å². The molecule has 1 aromatic rings. The van der Waals surface area contributed by atoms with E-state index in [1.165, 1.54) is 12.1 Å². The van der Waals surface area contributed by atoms with Crippen molar-refractivity contribution in [3.05, 3.63) is 29.6 Å². The molecule has 90 valence electrons. The Balaban J connectivity index is 3.02. The molecule has 16 heavy (non-hydrogen) atoms. The van der Waals surface area contributed by atoms with Crippen LogP contribution in [0.25, 0.3) is 0 Å². The number of hydrogen-bond acceptors (Lipinski definition) is 1. The summed E-state index contributed by atoms with van der Waals surface area (Å²) in [5.74, 6) is 1.63. The number of hydrogen-bond donors (Lipinski definition) is 0. The standard InChI is InChI=1S/C13H18ClFO/c1-9(2)6-10(8-14)12-7-11(15)4-5-13(12)16-3/h4-5,7,9-10H,6,8H2,1-3H3. The Morgan fingerprint density at radius 1 is 1.38 bits per heavy atom. The number of halogens is 2. The van der Waals surface area contributed by atoms with Crippen molar-refractivity contribution in [3.63, 3.8) is 0 Å². The van der Waals surface area contributed by atoms with E-state index in [2.05, 4.69) is 13.8 Å². The normalized spacial score (nSPS) is 12.9. The summed E-state index contributed by atoms with van der Waals surface area (Å²) < 4.78 is 18.5. The topological polar surface area (TPSA) is 9.23 Å². The van der Waals surface area contributed by atoms with Gasteiger partial charge < -0.3 is 4.74 Å². The molecular weight excluding hydrogens is 227 g/mol. The lowest BCUT2D eigenvalue weighted by Crippen LogP contribution is -2.07. The van der Waals surface area contributed by atoms with Crippen LogP contribution in [0, 0.1) is 11.7 Å². The Bertz CT molecular complexity index is 339. The average molecular weight is 245 g/mol. The van der Waals surface area contributed by atoms with Gasteiger partial charge in [-0.2, -0.15) is 0 Å². The van der Waals surface area contributed by atoms with Gasteiger partial charge in [0.25, 0.3) is 0 Å². The van der Waals surface area contributed by atoms with Gasteiger partial charge in [0.1, 0.15) is 11.6 Å². The molecule has 0 saturated heterocycles. The SMILES string of the molecule is COc1ccc(F)cc1C(CCl)CC(C)C. The molecule has 1 aromatic carbocycles. The molecule has 1 nitrogen and oxygen atoms in total. The first-order chi connectivity index (χ1) is 7.58. The highest BCUT2D eigenvalue weighted by atomic mass is 35.5. The molecule has 0 saturated carbocycles. The van der Waals surface area contributed by atoms with Crippen molar-refractivity contribution in [2.24, 2.45) is 5.92 Å². The zero-order valence-electron chi connectivity index (χ0n) is 9.97. The monoisotopic (exact) mass is 244 g/mol. The van der Waals surface area contributed by atoms with Crippen LogP contribution in [0.15, 0.2) is 18.2 Å². The second-order valence-electron chi connectivity index (χ2n) is 4.37. The molecule has 3 heteroatoms. The molecule has 0 aromatic heterocycles. The molecule has 1 atom stereocenters. The predicted octanol–water partition coefficient (Wildman–Crippen LogP) is 4.20. The summed E-state index contributed by atoms with van der Waals surface area (Å²) in [6.07, 6.45) is 0.934. The average Bonchev–Trinajstić information content (AvgIpc) is 2.25. The zero-order valence-corrected chi connectivity index (χ0v) is 10.7. The van der Waals surface area contributed by atoms with Crippen LogP contribution < -0.4 is 4.74 Å².